The van der Waals surface area contributed by atoms with Gasteiger partial charge in [-0.2, -0.15) is 4.98 Å². The summed E-state index contributed by atoms with van der Waals surface area (Å²) < 4.78 is 40.5. The number of carbonyl (C=O) groups is 2. The highest BCUT2D eigenvalue weighted by molar-refractivity contribution is 7.51. The molecule has 4 atom stereocenters. The van der Waals surface area contributed by atoms with E-state index in [1.807, 2.05) is 30.3 Å². The van der Waals surface area contributed by atoms with E-state index in [-0.39, 0.29) is 50.9 Å². The predicted octanol–water partition coefficient (Wildman–Crippen LogP) is 1.01. The standard InChI is InChI=1S/C27H32N5O10P/c28-23-9-10-32(27(36)31-23)24-12-21(33)22(41-24)17-40-43(29,37)42-20-8-4-7-19(11-20)16-39-26(35)14-30-13-25(34)38-15-18-5-2-1-3-6-18/h1-11,21-22,24,30,33H,12-17H2,(H2,29,37)(H2,28,31,36)/t21-,22+,24+,43?/m0/s1. The van der Waals surface area contributed by atoms with Crippen molar-refractivity contribution in [1.82, 2.24) is 14.9 Å². The molecule has 3 aromatic rings. The van der Waals surface area contributed by atoms with Crippen molar-refractivity contribution >= 4 is 25.5 Å². The largest absolute Gasteiger partial charge is 0.460 e. The Morgan fingerprint density at radius 3 is 2.42 bits per heavy atom. The molecular formula is C27H32N5O10P. The summed E-state index contributed by atoms with van der Waals surface area (Å²) in [6, 6.07) is 16.8. The van der Waals surface area contributed by atoms with Gasteiger partial charge in [0.15, 0.2) is 0 Å². The van der Waals surface area contributed by atoms with Gasteiger partial charge in [0.05, 0.1) is 25.8 Å². The lowest BCUT2D eigenvalue weighted by Crippen LogP contribution is -2.30. The number of carbonyl (C=O) groups excluding carboxylic acids is 2. The van der Waals surface area contributed by atoms with Crippen molar-refractivity contribution in [3.63, 3.8) is 0 Å². The van der Waals surface area contributed by atoms with Gasteiger partial charge in [-0.25, -0.2) is 14.9 Å². The number of aliphatic hydroxyl groups is 1. The van der Waals surface area contributed by atoms with Crippen LogP contribution in [0.1, 0.15) is 23.8 Å². The Bertz CT molecular complexity index is 1500. The fourth-order valence-electron chi connectivity index (χ4n) is 3.99. The second kappa shape index (κ2) is 14.9. The summed E-state index contributed by atoms with van der Waals surface area (Å²) in [7, 11) is -4.16. The van der Waals surface area contributed by atoms with E-state index in [1.165, 1.54) is 29.0 Å². The third kappa shape index (κ3) is 9.99. The van der Waals surface area contributed by atoms with Gasteiger partial charge in [-0.05, 0) is 29.3 Å². The molecule has 1 unspecified atom stereocenters. The molecule has 16 heteroatoms. The number of nitrogen functional groups attached to an aromatic ring is 1. The Morgan fingerprint density at radius 1 is 1.05 bits per heavy atom. The van der Waals surface area contributed by atoms with Gasteiger partial charge in [-0.3, -0.25) is 24.0 Å². The highest BCUT2D eigenvalue weighted by Gasteiger charge is 2.37. The molecule has 43 heavy (non-hydrogen) atoms. The molecule has 0 radical (unpaired) electrons. The van der Waals surface area contributed by atoms with Crippen molar-refractivity contribution in [2.45, 2.75) is 38.1 Å². The van der Waals surface area contributed by atoms with Crippen LogP contribution in [0.2, 0.25) is 0 Å². The lowest BCUT2D eigenvalue weighted by molar-refractivity contribution is -0.145. The highest BCUT2D eigenvalue weighted by atomic mass is 31.2. The minimum atomic E-state index is -4.16. The van der Waals surface area contributed by atoms with E-state index in [0.29, 0.717) is 5.56 Å². The minimum Gasteiger partial charge on any atom is -0.460 e. The summed E-state index contributed by atoms with van der Waals surface area (Å²) in [4.78, 5) is 39.6. The van der Waals surface area contributed by atoms with Crippen LogP contribution in [0.5, 0.6) is 5.75 Å². The van der Waals surface area contributed by atoms with E-state index in [9.17, 15) is 24.1 Å². The van der Waals surface area contributed by atoms with Crippen LogP contribution in [0.15, 0.2) is 71.7 Å². The first-order chi connectivity index (χ1) is 20.6. The highest BCUT2D eigenvalue weighted by Crippen LogP contribution is 2.41. The molecule has 2 heterocycles. The molecule has 0 aliphatic carbocycles. The molecule has 2 aromatic carbocycles. The third-order valence-corrected chi connectivity index (χ3v) is 7.07. The monoisotopic (exact) mass is 617 g/mol. The van der Waals surface area contributed by atoms with Gasteiger partial charge in [-0.1, -0.05) is 42.5 Å². The van der Waals surface area contributed by atoms with E-state index in [4.69, 9.17) is 34.5 Å². The molecule has 1 aliphatic rings. The second-order valence-electron chi connectivity index (χ2n) is 9.46. The van der Waals surface area contributed by atoms with Crippen LogP contribution in [-0.4, -0.2) is 58.5 Å². The van der Waals surface area contributed by atoms with Gasteiger partial charge in [0, 0.05) is 12.6 Å². The quantitative estimate of drug-likeness (QED) is 0.147. The summed E-state index contributed by atoms with van der Waals surface area (Å²) in [6.07, 6.45) is -1.36. The maximum absolute atomic E-state index is 12.8. The normalized spacial score (nSPS) is 19.3. The molecule has 1 fully saturated rings. The number of rotatable bonds is 14. The number of nitrogens with one attached hydrogen (secondary N) is 1. The van der Waals surface area contributed by atoms with Crippen LogP contribution in [0.4, 0.5) is 5.82 Å². The van der Waals surface area contributed by atoms with Gasteiger partial charge in [0.25, 0.3) is 0 Å². The Balaban J connectivity index is 1.17. The molecule has 230 valence electrons. The molecule has 1 aromatic heterocycles. The van der Waals surface area contributed by atoms with Crippen LogP contribution in [0.25, 0.3) is 0 Å². The summed E-state index contributed by atoms with van der Waals surface area (Å²) in [5.41, 5.74) is 11.9. The average molecular weight is 618 g/mol. The SMILES string of the molecule is Nc1ccn([C@H]2C[C@H](O)[C@@H](COP(N)(=O)Oc3cccc(COC(=O)CNCC(=O)OCc4ccccc4)c3)O2)c(=O)n1. The number of nitrogens with zero attached hydrogens (tertiary/aromatic N) is 2. The zero-order chi connectivity index (χ0) is 30.8. The molecule has 15 nitrogen and oxygen atoms in total. The number of benzene rings is 2. The number of hydrogen-bond donors (Lipinski definition) is 4. The van der Waals surface area contributed by atoms with Crippen molar-refractivity contribution in [2.24, 2.45) is 5.50 Å². The Kier molecular flexibility index (Phi) is 11.0. The van der Waals surface area contributed by atoms with Gasteiger partial charge >= 0.3 is 25.4 Å². The lowest BCUT2D eigenvalue weighted by atomic mass is 10.2. The molecule has 6 N–H and O–H groups in total. The fourth-order valence-corrected chi connectivity index (χ4v) is 4.81. The van der Waals surface area contributed by atoms with Crippen LogP contribution >= 0.6 is 7.75 Å². The first kappa shape index (κ1) is 31.8. The number of nitrogens with two attached hydrogens (primary N) is 2. The molecule has 4 rings (SSSR count). The Morgan fingerprint density at radius 2 is 1.72 bits per heavy atom. The van der Waals surface area contributed by atoms with E-state index in [1.54, 1.807) is 12.1 Å². The van der Waals surface area contributed by atoms with Crippen molar-refractivity contribution in [3.8, 4) is 5.75 Å². The molecule has 0 spiro atoms. The van der Waals surface area contributed by atoms with Crippen LogP contribution < -0.4 is 26.8 Å². The van der Waals surface area contributed by atoms with Crippen molar-refractivity contribution in [2.75, 3.05) is 25.4 Å². The van der Waals surface area contributed by atoms with Crippen LogP contribution in [0.3, 0.4) is 0 Å². The fraction of sp³-hybridized carbons (Fsp3) is 0.333. The van der Waals surface area contributed by atoms with E-state index < -0.39 is 43.8 Å². The number of esters is 2. The summed E-state index contributed by atoms with van der Waals surface area (Å²) in [5, 5.41) is 13.0. The van der Waals surface area contributed by atoms with Crippen LogP contribution in [0, 0.1) is 0 Å². The molecular weight excluding hydrogens is 585 g/mol. The zero-order valence-corrected chi connectivity index (χ0v) is 23.8. The maximum atomic E-state index is 12.8. The predicted molar refractivity (Wildman–Crippen MR) is 151 cm³/mol. The molecule has 0 amide bonds. The van der Waals surface area contributed by atoms with Gasteiger partial charge in [-0.15, -0.1) is 0 Å². The van der Waals surface area contributed by atoms with Crippen molar-refractivity contribution in [1.29, 1.82) is 0 Å². The number of hydrogen-bond acceptors (Lipinski definition) is 13. The Labute approximate surface area is 246 Å². The van der Waals surface area contributed by atoms with E-state index in [2.05, 4.69) is 10.3 Å². The van der Waals surface area contributed by atoms with Gasteiger partial charge in [0.1, 0.15) is 37.1 Å². The van der Waals surface area contributed by atoms with E-state index >= 15 is 0 Å². The summed E-state index contributed by atoms with van der Waals surface area (Å²) >= 11 is 0. The van der Waals surface area contributed by atoms with Crippen molar-refractivity contribution in [3.05, 3.63) is 88.5 Å². The van der Waals surface area contributed by atoms with Crippen molar-refractivity contribution < 1.29 is 42.5 Å². The third-order valence-electron chi connectivity index (χ3n) is 6.10. The number of aliphatic hydroxyl groups excluding tert-OH is 1. The minimum absolute atomic E-state index is 0.0501. The second-order valence-corrected chi connectivity index (χ2v) is 11.0. The van der Waals surface area contributed by atoms with E-state index in [0.717, 1.165) is 5.56 Å². The average Bonchev–Trinajstić information content (AvgIpc) is 3.34. The first-order valence-corrected chi connectivity index (χ1v) is 14.7. The first-order valence-electron chi connectivity index (χ1n) is 13.1. The summed E-state index contributed by atoms with van der Waals surface area (Å²) in [5.74, 6) is -0.989. The molecule has 1 aliphatic heterocycles. The zero-order valence-electron chi connectivity index (χ0n) is 22.9. The topological polar surface area (TPSA) is 217 Å². The number of aromatic nitrogens is 2. The maximum Gasteiger partial charge on any atom is 0.456 e. The van der Waals surface area contributed by atoms with Crippen LogP contribution in [-0.2, 0) is 46.1 Å². The molecule has 0 saturated carbocycles. The smallest absolute Gasteiger partial charge is 0.456 e. The van der Waals surface area contributed by atoms with Gasteiger partial charge in [0.2, 0.25) is 0 Å². The Hall–Kier alpha value is -4.11. The number of ether oxygens (including phenoxy) is 3. The van der Waals surface area contributed by atoms with Gasteiger partial charge < -0.3 is 29.6 Å². The molecule has 1 saturated heterocycles. The summed E-state index contributed by atoms with van der Waals surface area (Å²) in [6.45, 7) is -0.770. The lowest BCUT2D eigenvalue weighted by Gasteiger charge is -2.19. The number of anilines is 1. The molecule has 0 bridgehead atoms.